The zero-order valence-electron chi connectivity index (χ0n) is 8.13. The van der Waals surface area contributed by atoms with E-state index in [1.165, 1.54) is 12.1 Å². The Bertz CT molecular complexity index is 312. The molecule has 0 aromatic heterocycles. The molecule has 0 bridgehead atoms. The highest BCUT2D eigenvalue weighted by molar-refractivity contribution is 7.99. The number of benzene rings is 1. The molecule has 0 saturated heterocycles. The highest BCUT2D eigenvalue weighted by Crippen LogP contribution is 2.19. The van der Waals surface area contributed by atoms with Gasteiger partial charge in [0.15, 0.2) is 0 Å². The lowest BCUT2D eigenvalue weighted by Gasteiger charge is -2.00. The van der Waals surface area contributed by atoms with Crippen molar-refractivity contribution in [3.8, 4) is 0 Å². The maximum atomic E-state index is 12.7. The molecule has 0 aliphatic heterocycles. The van der Waals surface area contributed by atoms with E-state index in [4.69, 9.17) is 0 Å². The van der Waals surface area contributed by atoms with E-state index in [1.54, 1.807) is 24.8 Å². The van der Waals surface area contributed by atoms with Gasteiger partial charge in [-0.25, -0.2) is 4.39 Å². The zero-order valence-corrected chi connectivity index (χ0v) is 8.94. The minimum Gasteiger partial charge on any atom is -0.300 e. The molecule has 0 unspecified atom stereocenters. The smallest absolute Gasteiger partial charge is 0.129 e. The van der Waals surface area contributed by atoms with Crippen LogP contribution in [0.4, 0.5) is 4.39 Å². The first-order valence-corrected chi connectivity index (χ1v) is 5.55. The first kappa shape index (κ1) is 11.2. The summed E-state index contributed by atoms with van der Waals surface area (Å²) in [5.41, 5.74) is 0. The van der Waals surface area contributed by atoms with Gasteiger partial charge in [0.25, 0.3) is 0 Å². The van der Waals surface area contributed by atoms with Crippen LogP contribution in [-0.4, -0.2) is 11.5 Å². The fraction of sp³-hybridized carbons (Fsp3) is 0.364. The van der Waals surface area contributed by atoms with Gasteiger partial charge in [0.1, 0.15) is 11.6 Å². The zero-order chi connectivity index (χ0) is 10.4. The van der Waals surface area contributed by atoms with Gasteiger partial charge in [-0.15, -0.1) is 11.8 Å². The monoisotopic (exact) mass is 212 g/mol. The Hall–Kier alpha value is -0.830. The maximum absolute atomic E-state index is 12.7. The number of carbonyl (C=O) groups is 1. The minimum atomic E-state index is -0.207. The van der Waals surface area contributed by atoms with E-state index in [0.29, 0.717) is 6.42 Å². The maximum Gasteiger partial charge on any atom is 0.129 e. The predicted octanol–water partition coefficient (Wildman–Crippen LogP) is 3.29. The molecule has 1 nitrogen and oxygen atoms in total. The van der Waals surface area contributed by atoms with Gasteiger partial charge in [-0.2, -0.15) is 0 Å². The average Bonchev–Trinajstić information content (AvgIpc) is 2.12. The van der Waals surface area contributed by atoms with Crippen LogP contribution in [0.2, 0.25) is 0 Å². The van der Waals surface area contributed by atoms with Crippen LogP contribution in [-0.2, 0) is 4.79 Å². The molecule has 0 aliphatic rings. The van der Waals surface area contributed by atoms with Crippen molar-refractivity contribution in [1.29, 1.82) is 0 Å². The summed E-state index contributed by atoms with van der Waals surface area (Å²) in [6.45, 7) is 1.59. The first-order chi connectivity index (χ1) is 6.68. The minimum absolute atomic E-state index is 0.207. The molecule has 1 aromatic rings. The van der Waals surface area contributed by atoms with Crippen molar-refractivity contribution in [2.24, 2.45) is 0 Å². The van der Waals surface area contributed by atoms with Gasteiger partial charge in [-0.05, 0) is 37.3 Å². The molecule has 0 fully saturated rings. The third-order valence-electron chi connectivity index (χ3n) is 1.74. The number of hydrogen-bond acceptors (Lipinski definition) is 2. The highest BCUT2D eigenvalue weighted by Gasteiger charge is 1.97. The molecule has 0 radical (unpaired) electrons. The molecule has 0 spiro atoms. The molecule has 76 valence electrons. The van der Waals surface area contributed by atoms with E-state index >= 15 is 0 Å². The molecule has 14 heavy (non-hydrogen) atoms. The summed E-state index contributed by atoms with van der Waals surface area (Å²) in [6, 6.07) is 6.52. The number of thioether (sulfide) groups is 1. The average molecular weight is 212 g/mol. The van der Waals surface area contributed by atoms with E-state index in [0.717, 1.165) is 17.1 Å². The van der Waals surface area contributed by atoms with Crippen molar-refractivity contribution in [2.75, 3.05) is 5.75 Å². The number of rotatable bonds is 5. The second kappa shape index (κ2) is 5.81. The van der Waals surface area contributed by atoms with Gasteiger partial charge in [0, 0.05) is 11.3 Å². The van der Waals surface area contributed by atoms with E-state index in [9.17, 15) is 9.18 Å². The second-order valence-corrected chi connectivity index (χ2v) is 4.28. The van der Waals surface area contributed by atoms with Crippen LogP contribution in [0.5, 0.6) is 0 Å². The Labute approximate surface area is 87.7 Å². The van der Waals surface area contributed by atoms with Crippen molar-refractivity contribution in [2.45, 2.75) is 24.7 Å². The second-order valence-electron chi connectivity index (χ2n) is 3.11. The molecule has 0 aliphatic carbocycles. The number of hydrogen-bond donors (Lipinski definition) is 0. The summed E-state index contributed by atoms with van der Waals surface area (Å²) in [7, 11) is 0. The van der Waals surface area contributed by atoms with Gasteiger partial charge in [-0.1, -0.05) is 6.07 Å². The number of carbonyl (C=O) groups excluding carboxylic acids is 1. The Morgan fingerprint density at radius 2 is 2.29 bits per heavy atom. The first-order valence-electron chi connectivity index (χ1n) is 4.56. The standard InChI is InChI=1S/C11H13FOS/c1-9(13)4-3-7-14-11-6-2-5-10(12)8-11/h2,5-6,8H,3-4,7H2,1H3. The molecule has 0 heterocycles. The Balaban J connectivity index is 2.28. The Morgan fingerprint density at radius 3 is 2.93 bits per heavy atom. The van der Waals surface area contributed by atoms with E-state index < -0.39 is 0 Å². The van der Waals surface area contributed by atoms with E-state index in [-0.39, 0.29) is 11.6 Å². The largest absolute Gasteiger partial charge is 0.300 e. The molecule has 3 heteroatoms. The number of Topliss-reactive ketones (excluding diaryl/α,β-unsaturated/α-hetero) is 1. The van der Waals surface area contributed by atoms with Crippen molar-refractivity contribution >= 4 is 17.5 Å². The van der Waals surface area contributed by atoms with Gasteiger partial charge < -0.3 is 4.79 Å². The third-order valence-corrected chi connectivity index (χ3v) is 2.82. The van der Waals surface area contributed by atoms with Crippen LogP contribution < -0.4 is 0 Å². The number of halogens is 1. The van der Waals surface area contributed by atoms with Gasteiger partial charge in [-0.3, -0.25) is 0 Å². The lowest BCUT2D eigenvalue weighted by Crippen LogP contribution is -1.90. The van der Waals surface area contributed by atoms with Gasteiger partial charge in [0.2, 0.25) is 0 Å². The highest BCUT2D eigenvalue weighted by atomic mass is 32.2. The fourth-order valence-corrected chi connectivity index (χ4v) is 1.96. The normalized spacial score (nSPS) is 10.1. The van der Waals surface area contributed by atoms with E-state index in [2.05, 4.69) is 0 Å². The lowest BCUT2D eigenvalue weighted by molar-refractivity contribution is -0.117. The van der Waals surface area contributed by atoms with Gasteiger partial charge in [0.05, 0.1) is 0 Å². The Morgan fingerprint density at radius 1 is 1.50 bits per heavy atom. The summed E-state index contributed by atoms with van der Waals surface area (Å²) in [5.74, 6) is 0.870. The third kappa shape index (κ3) is 4.42. The molecular weight excluding hydrogens is 199 g/mol. The fourth-order valence-electron chi connectivity index (χ4n) is 1.07. The molecule has 1 aromatic carbocycles. The van der Waals surface area contributed by atoms with Crippen LogP contribution in [0.15, 0.2) is 29.2 Å². The topological polar surface area (TPSA) is 17.1 Å². The summed E-state index contributed by atoms with van der Waals surface area (Å²) in [6.07, 6.45) is 1.47. The molecule has 0 atom stereocenters. The summed E-state index contributed by atoms with van der Waals surface area (Å²) in [5, 5.41) is 0. The van der Waals surface area contributed by atoms with Crippen molar-refractivity contribution < 1.29 is 9.18 Å². The molecule has 0 N–H and O–H groups in total. The van der Waals surface area contributed by atoms with Crippen LogP contribution in [0.3, 0.4) is 0 Å². The van der Waals surface area contributed by atoms with Crippen LogP contribution in [0, 0.1) is 5.82 Å². The van der Waals surface area contributed by atoms with Crippen LogP contribution in [0.25, 0.3) is 0 Å². The van der Waals surface area contributed by atoms with Crippen LogP contribution >= 0.6 is 11.8 Å². The molecule has 0 saturated carbocycles. The van der Waals surface area contributed by atoms with Crippen molar-refractivity contribution in [3.63, 3.8) is 0 Å². The van der Waals surface area contributed by atoms with Crippen molar-refractivity contribution in [1.82, 2.24) is 0 Å². The van der Waals surface area contributed by atoms with Crippen molar-refractivity contribution in [3.05, 3.63) is 30.1 Å². The molecular formula is C11H13FOS. The molecule has 0 amide bonds. The summed E-state index contributed by atoms with van der Waals surface area (Å²) in [4.78, 5) is 11.6. The van der Waals surface area contributed by atoms with Crippen LogP contribution in [0.1, 0.15) is 19.8 Å². The quantitative estimate of drug-likeness (QED) is 0.550. The van der Waals surface area contributed by atoms with Gasteiger partial charge >= 0.3 is 0 Å². The lowest BCUT2D eigenvalue weighted by atomic mass is 10.3. The predicted molar refractivity (Wildman–Crippen MR) is 57.0 cm³/mol. The SMILES string of the molecule is CC(=O)CCCSc1cccc(F)c1. The summed E-state index contributed by atoms with van der Waals surface area (Å²) >= 11 is 1.58. The van der Waals surface area contributed by atoms with E-state index in [1.807, 2.05) is 6.07 Å². The number of ketones is 1. The Kier molecular flexibility index (Phi) is 4.66. The molecule has 1 rings (SSSR count). The summed E-state index contributed by atoms with van der Waals surface area (Å²) < 4.78 is 12.7.